The Labute approximate surface area is 178 Å². The van der Waals surface area contributed by atoms with Crippen LogP contribution in [0, 0.1) is 6.92 Å². The highest BCUT2D eigenvalue weighted by Crippen LogP contribution is 2.40. The molecule has 1 amide bonds. The zero-order valence-electron chi connectivity index (χ0n) is 16.7. The van der Waals surface area contributed by atoms with Gasteiger partial charge in [-0.15, -0.1) is 0 Å². The monoisotopic (exact) mass is 429 g/mol. The third kappa shape index (κ3) is 5.54. The van der Waals surface area contributed by atoms with Gasteiger partial charge in [-0.1, -0.05) is 35.9 Å². The first kappa shape index (κ1) is 21.7. The Hall–Kier alpha value is -3.00. The van der Waals surface area contributed by atoms with Crippen LogP contribution in [0.1, 0.15) is 40.1 Å². The number of hydrogen-bond donors (Lipinski definition) is 2. The van der Waals surface area contributed by atoms with Crippen LogP contribution in [0.5, 0.6) is 11.5 Å². The zero-order chi connectivity index (χ0) is 21.7. The summed E-state index contributed by atoms with van der Waals surface area (Å²) in [6.45, 7) is 3.37. The van der Waals surface area contributed by atoms with E-state index in [4.69, 9.17) is 9.47 Å². The first-order valence-electron chi connectivity index (χ1n) is 9.44. The van der Waals surface area contributed by atoms with Gasteiger partial charge < -0.3 is 19.9 Å². The van der Waals surface area contributed by atoms with E-state index in [9.17, 15) is 19.5 Å². The molecule has 7 nitrogen and oxygen atoms in total. The number of aliphatic carboxylic acids is 1. The fourth-order valence-corrected chi connectivity index (χ4v) is 4.30. The summed E-state index contributed by atoms with van der Waals surface area (Å²) in [7, 11) is 0. The fourth-order valence-electron chi connectivity index (χ4n) is 3.04. The van der Waals surface area contributed by atoms with E-state index in [2.05, 4.69) is 5.32 Å². The lowest BCUT2D eigenvalue weighted by Gasteiger charge is -2.20. The number of aryl methyl sites for hydroxylation is 1. The molecule has 8 heteroatoms. The van der Waals surface area contributed by atoms with Crippen molar-refractivity contribution in [1.82, 2.24) is 5.32 Å². The van der Waals surface area contributed by atoms with Crippen molar-refractivity contribution >= 4 is 29.4 Å². The molecule has 2 aromatic carbocycles. The summed E-state index contributed by atoms with van der Waals surface area (Å²) in [5.74, 6) is -0.233. The van der Waals surface area contributed by atoms with Crippen LogP contribution in [0.15, 0.2) is 42.5 Å². The molecule has 3 rings (SSSR count). The Kier molecular flexibility index (Phi) is 6.99. The van der Waals surface area contributed by atoms with E-state index in [1.54, 1.807) is 18.2 Å². The van der Waals surface area contributed by atoms with Gasteiger partial charge in [-0.3, -0.25) is 9.59 Å². The van der Waals surface area contributed by atoms with E-state index in [1.807, 2.05) is 31.2 Å². The number of ketones is 1. The van der Waals surface area contributed by atoms with Gasteiger partial charge in [-0.25, -0.2) is 4.79 Å². The lowest BCUT2D eigenvalue weighted by Crippen LogP contribution is -2.41. The number of hydrogen-bond acceptors (Lipinski definition) is 6. The molecule has 0 aliphatic carbocycles. The molecule has 2 atom stereocenters. The van der Waals surface area contributed by atoms with E-state index >= 15 is 0 Å². The van der Waals surface area contributed by atoms with Crippen LogP contribution < -0.4 is 14.8 Å². The summed E-state index contributed by atoms with van der Waals surface area (Å²) >= 11 is 1.31. The lowest BCUT2D eigenvalue weighted by molar-refractivity contribution is -0.140. The van der Waals surface area contributed by atoms with Gasteiger partial charge in [0.25, 0.3) is 0 Å². The molecule has 2 N–H and O–H groups in total. The minimum Gasteiger partial charge on any atom is -0.480 e. The Bertz CT molecular complexity index is 943. The number of benzene rings is 2. The number of amides is 1. The third-order valence-corrected chi connectivity index (χ3v) is 6.02. The van der Waals surface area contributed by atoms with E-state index in [-0.39, 0.29) is 30.0 Å². The van der Waals surface area contributed by atoms with Crippen LogP contribution in [0.3, 0.4) is 0 Å². The van der Waals surface area contributed by atoms with E-state index in [0.717, 1.165) is 11.1 Å². The van der Waals surface area contributed by atoms with Crippen LogP contribution in [0.4, 0.5) is 0 Å². The highest BCUT2D eigenvalue weighted by atomic mass is 32.2. The molecule has 0 unspecified atom stereocenters. The maximum atomic E-state index is 12.9. The Morgan fingerprint density at radius 2 is 1.80 bits per heavy atom. The van der Waals surface area contributed by atoms with E-state index in [1.165, 1.54) is 18.7 Å². The molecule has 0 spiro atoms. The van der Waals surface area contributed by atoms with Crippen molar-refractivity contribution in [1.29, 1.82) is 0 Å². The Morgan fingerprint density at radius 1 is 1.10 bits per heavy atom. The van der Waals surface area contributed by atoms with Gasteiger partial charge in [0.05, 0.1) is 0 Å². The van der Waals surface area contributed by atoms with Gasteiger partial charge in [-0.2, -0.15) is 11.8 Å². The summed E-state index contributed by atoms with van der Waals surface area (Å²) < 4.78 is 10.8. The van der Waals surface area contributed by atoms with Crippen LogP contribution in [0.25, 0.3) is 0 Å². The SMILES string of the molecule is CC(=O)N[C@H](CS[C@H](CC(=O)c1ccc(C)cc1)c1ccc2c(c1)OCO2)C(=O)O. The summed E-state index contributed by atoms with van der Waals surface area (Å²) in [6.07, 6.45) is 0.180. The first-order chi connectivity index (χ1) is 14.3. The van der Waals surface area contributed by atoms with Gasteiger partial charge in [0, 0.05) is 29.9 Å². The summed E-state index contributed by atoms with van der Waals surface area (Å²) in [5.41, 5.74) is 2.49. The first-order valence-corrected chi connectivity index (χ1v) is 10.5. The number of nitrogens with one attached hydrogen (secondary N) is 1. The number of Topliss-reactive ketones (excluding diaryl/α,β-unsaturated/α-hetero) is 1. The molecule has 158 valence electrons. The molecule has 30 heavy (non-hydrogen) atoms. The number of thioether (sulfide) groups is 1. The molecule has 1 heterocycles. The highest BCUT2D eigenvalue weighted by Gasteiger charge is 2.25. The average Bonchev–Trinajstić information content (AvgIpc) is 3.17. The topological polar surface area (TPSA) is 102 Å². The second-order valence-electron chi connectivity index (χ2n) is 7.02. The van der Waals surface area contributed by atoms with Crippen LogP contribution >= 0.6 is 11.8 Å². The standard InChI is InChI=1S/C22H23NO6S/c1-13-3-5-15(6-4-13)18(25)10-21(30-11-17(22(26)27)23-14(2)24)16-7-8-19-20(9-16)29-12-28-19/h3-9,17,21H,10-12H2,1-2H3,(H,23,24)(H,26,27)/t17-,21-/m1/s1. The Morgan fingerprint density at radius 3 is 2.47 bits per heavy atom. The quantitative estimate of drug-likeness (QED) is 0.589. The number of carbonyl (C=O) groups excluding carboxylic acids is 2. The highest BCUT2D eigenvalue weighted by molar-refractivity contribution is 7.99. The largest absolute Gasteiger partial charge is 0.480 e. The van der Waals surface area contributed by atoms with Gasteiger partial charge in [0.1, 0.15) is 6.04 Å². The van der Waals surface area contributed by atoms with Crippen molar-refractivity contribution in [3.8, 4) is 11.5 Å². The lowest BCUT2D eigenvalue weighted by atomic mass is 10.0. The van der Waals surface area contributed by atoms with Crippen LogP contribution in [-0.2, 0) is 9.59 Å². The second-order valence-corrected chi connectivity index (χ2v) is 8.26. The molecule has 0 saturated heterocycles. The predicted octanol–water partition coefficient (Wildman–Crippen LogP) is 3.36. The Balaban J connectivity index is 1.80. The van der Waals surface area contributed by atoms with Crippen molar-refractivity contribution in [2.45, 2.75) is 31.6 Å². The molecule has 0 fully saturated rings. The zero-order valence-corrected chi connectivity index (χ0v) is 17.5. The molecule has 0 radical (unpaired) electrons. The second kappa shape index (κ2) is 9.67. The average molecular weight is 429 g/mol. The number of rotatable bonds is 9. The van der Waals surface area contributed by atoms with E-state index in [0.29, 0.717) is 17.1 Å². The third-order valence-electron chi connectivity index (χ3n) is 4.65. The normalized spacial score (nSPS) is 14.1. The van der Waals surface area contributed by atoms with Crippen LogP contribution in [-0.4, -0.2) is 41.4 Å². The van der Waals surface area contributed by atoms with Gasteiger partial charge in [0.2, 0.25) is 12.7 Å². The van der Waals surface area contributed by atoms with Crippen molar-refractivity contribution in [2.75, 3.05) is 12.5 Å². The van der Waals surface area contributed by atoms with Gasteiger partial charge >= 0.3 is 5.97 Å². The summed E-state index contributed by atoms with van der Waals surface area (Å²) in [5, 5.41) is 11.5. The fraction of sp³-hybridized carbons (Fsp3) is 0.318. The maximum absolute atomic E-state index is 12.9. The molecule has 1 aliphatic heterocycles. The number of carbonyl (C=O) groups is 3. The number of fused-ring (bicyclic) bond motifs is 1. The van der Waals surface area contributed by atoms with Gasteiger partial charge in [0.15, 0.2) is 17.3 Å². The minimum absolute atomic E-state index is 0.0448. The predicted molar refractivity (Wildman–Crippen MR) is 113 cm³/mol. The number of carboxylic acids is 1. The summed E-state index contributed by atoms with van der Waals surface area (Å²) in [4.78, 5) is 35.7. The summed E-state index contributed by atoms with van der Waals surface area (Å²) in [6, 6.07) is 11.7. The molecule has 2 aromatic rings. The molecule has 1 aliphatic rings. The van der Waals surface area contributed by atoms with Crippen molar-refractivity contribution < 1.29 is 29.0 Å². The maximum Gasteiger partial charge on any atom is 0.327 e. The van der Waals surface area contributed by atoms with Crippen LogP contribution in [0.2, 0.25) is 0 Å². The minimum atomic E-state index is -1.12. The molecule has 0 saturated carbocycles. The van der Waals surface area contributed by atoms with Gasteiger partial charge in [-0.05, 0) is 24.6 Å². The van der Waals surface area contributed by atoms with Crippen molar-refractivity contribution in [3.63, 3.8) is 0 Å². The molecular formula is C22H23NO6S. The smallest absolute Gasteiger partial charge is 0.327 e. The molecule has 0 aromatic heterocycles. The van der Waals surface area contributed by atoms with Crippen molar-refractivity contribution in [2.24, 2.45) is 0 Å². The number of ether oxygens (including phenoxy) is 2. The van der Waals surface area contributed by atoms with E-state index < -0.39 is 17.9 Å². The van der Waals surface area contributed by atoms with Crippen molar-refractivity contribution in [3.05, 3.63) is 59.2 Å². The molecular weight excluding hydrogens is 406 g/mol. The molecule has 0 bridgehead atoms. The number of carboxylic acid groups (broad SMARTS) is 1.